The van der Waals surface area contributed by atoms with E-state index in [9.17, 15) is 4.39 Å². The molecule has 102 valence electrons. The van der Waals surface area contributed by atoms with Gasteiger partial charge in [0.05, 0.1) is 23.3 Å². The molecule has 6 heteroatoms. The van der Waals surface area contributed by atoms with Crippen molar-refractivity contribution in [2.24, 2.45) is 0 Å². The van der Waals surface area contributed by atoms with Crippen molar-refractivity contribution in [2.75, 3.05) is 0 Å². The largest absolute Gasteiger partial charge is 0.360 e. The van der Waals surface area contributed by atoms with Crippen LogP contribution < -0.4 is 0 Å². The fraction of sp³-hybridized carbons (Fsp3) is 0.143. The molecule has 0 atom stereocenters. The van der Waals surface area contributed by atoms with Crippen molar-refractivity contribution in [3.05, 3.63) is 53.8 Å². The molecule has 2 heterocycles. The molecule has 2 aromatic heterocycles. The average molecular weight is 289 g/mol. The van der Waals surface area contributed by atoms with Crippen LogP contribution in [0, 0.1) is 12.7 Å². The summed E-state index contributed by atoms with van der Waals surface area (Å²) in [6.45, 7) is 1.89. The highest BCUT2D eigenvalue weighted by Crippen LogP contribution is 2.24. The van der Waals surface area contributed by atoms with Gasteiger partial charge >= 0.3 is 0 Å². The zero-order chi connectivity index (χ0) is 13.9. The number of halogens is 1. The number of hydrogen-bond donors (Lipinski definition) is 1. The van der Waals surface area contributed by atoms with Crippen LogP contribution in [0.3, 0.4) is 0 Å². The molecule has 1 aromatic carbocycles. The second kappa shape index (κ2) is 5.50. The Morgan fingerprint density at radius 2 is 2.10 bits per heavy atom. The number of thioether (sulfide) groups is 1. The summed E-state index contributed by atoms with van der Waals surface area (Å²) in [4.78, 5) is 7.48. The second-order valence-corrected chi connectivity index (χ2v) is 5.30. The van der Waals surface area contributed by atoms with Crippen molar-refractivity contribution >= 4 is 11.8 Å². The van der Waals surface area contributed by atoms with Gasteiger partial charge in [0.15, 0.2) is 5.16 Å². The predicted molar refractivity (Wildman–Crippen MR) is 74.8 cm³/mol. The molecule has 3 aromatic rings. The molecule has 0 aliphatic rings. The summed E-state index contributed by atoms with van der Waals surface area (Å²) in [7, 11) is 0. The lowest BCUT2D eigenvalue weighted by Gasteiger charge is -1.97. The van der Waals surface area contributed by atoms with E-state index in [0.29, 0.717) is 5.75 Å². The highest BCUT2D eigenvalue weighted by atomic mass is 32.2. The van der Waals surface area contributed by atoms with Crippen LogP contribution in [0.15, 0.2) is 46.2 Å². The number of nitrogens with one attached hydrogen (secondary N) is 1. The van der Waals surface area contributed by atoms with Gasteiger partial charge in [-0.05, 0) is 36.8 Å². The first-order valence-corrected chi connectivity index (χ1v) is 7.05. The SMILES string of the molecule is Cc1cc(CSc2ncc(-c3ccc(F)cc3)[nH]2)on1. The number of imidazole rings is 1. The molecule has 0 aliphatic heterocycles. The topological polar surface area (TPSA) is 54.7 Å². The minimum Gasteiger partial charge on any atom is -0.360 e. The zero-order valence-corrected chi connectivity index (χ0v) is 11.6. The first kappa shape index (κ1) is 12.9. The molecule has 0 radical (unpaired) electrons. The molecule has 0 amide bonds. The van der Waals surface area contributed by atoms with Crippen LogP contribution >= 0.6 is 11.8 Å². The van der Waals surface area contributed by atoms with Crippen molar-refractivity contribution in [1.29, 1.82) is 0 Å². The number of benzene rings is 1. The fourth-order valence-corrected chi connectivity index (χ4v) is 2.50. The average Bonchev–Trinajstić information content (AvgIpc) is 3.06. The highest BCUT2D eigenvalue weighted by molar-refractivity contribution is 7.98. The van der Waals surface area contributed by atoms with Gasteiger partial charge in [0, 0.05) is 6.07 Å². The Morgan fingerprint density at radius 1 is 1.30 bits per heavy atom. The van der Waals surface area contributed by atoms with E-state index in [4.69, 9.17) is 4.52 Å². The third-order valence-electron chi connectivity index (χ3n) is 2.74. The number of H-pyrrole nitrogens is 1. The molecule has 0 unspecified atom stereocenters. The van der Waals surface area contributed by atoms with E-state index in [2.05, 4.69) is 15.1 Å². The van der Waals surface area contributed by atoms with E-state index < -0.39 is 0 Å². The standard InChI is InChI=1S/C14H12FN3OS/c1-9-6-12(19-18-9)8-20-14-16-7-13(17-14)10-2-4-11(15)5-3-10/h2-7H,8H2,1H3,(H,16,17). The van der Waals surface area contributed by atoms with E-state index in [-0.39, 0.29) is 5.82 Å². The van der Waals surface area contributed by atoms with Crippen LogP contribution in [0.4, 0.5) is 4.39 Å². The number of hydrogen-bond acceptors (Lipinski definition) is 4. The lowest BCUT2D eigenvalue weighted by molar-refractivity contribution is 0.391. The van der Waals surface area contributed by atoms with E-state index in [1.807, 2.05) is 13.0 Å². The molecule has 20 heavy (non-hydrogen) atoms. The molecule has 4 nitrogen and oxygen atoms in total. The highest BCUT2D eigenvalue weighted by Gasteiger charge is 2.06. The second-order valence-electron chi connectivity index (χ2n) is 4.33. The van der Waals surface area contributed by atoms with E-state index in [1.54, 1.807) is 18.3 Å². The fourth-order valence-electron chi connectivity index (χ4n) is 1.78. The van der Waals surface area contributed by atoms with Crippen LogP contribution in [0.5, 0.6) is 0 Å². The number of aromatic nitrogens is 3. The van der Waals surface area contributed by atoms with Gasteiger partial charge in [-0.25, -0.2) is 9.37 Å². The van der Waals surface area contributed by atoms with Gasteiger partial charge < -0.3 is 9.51 Å². The van der Waals surface area contributed by atoms with Gasteiger partial charge in [-0.1, -0.05) is 16.9 Å². The van der Waals surface area contributed by atoms with Crippen LogP contribution in [-0.2, 0) is 5.75 Å². The summed E-state index contributed by atoms with van der Waals surface area (Å²) in [5.74, 6) is 1.23. The van der Waals surface area contributed by atoms with Crippen molar-refractivity contribution in [3.63, 3.8) is 0 Å². The molecular weight excluding hydrogens is 277 g/mol. The number of rotatable bonds is 4. The summed E-state index contributed by atoms with van der Waals surface area (Å²) in [6.07, 6.45) is 1.74. The van der Waals surface area contributed by atoms with Crippen LogP contribution in [0.25, 0.3) is 11.3 Å². The van der Waals surface area contributed by atoms with Crippen molar-refractivity contribution < 1.29 is 8.91 Å². The summed E-state index contributed by atoms with van der Waals surface area (Å²) in [6, 6.07) is 8.20. The smallest absolute Gasteiger partial charge is 0.166 e. The summed E-state index contributed by atoms with van der Waals surface area (Å²) in [5.41, 5.74) is 2.63. The maximum atomic E-state index is 12.9. The first-order chi connectivity index (χ1) is 9.70. The molecule has 0 aliphatic carbocycles. The van der Waals surface area contributed by atoms with Gasteiger partial charge in [-0.3, -0.25) is 0 Å². The Labute approximate surface area is 119 Å². The summed E-state index contributed by atoms with van der Waals surface area (Å²) >= 11 is 1.53. The van der Waals surface area contributed by atoms with E-state index in [0.717, 1.165) is 27.9 Å². The lowest BCUT2D eigenvalue weighted by Crippen LogP contribution is -1.80. The molecule has 0 saturated carbocycles. The van der Waals surface area contributed by atoms with Gasteiger partial charge in [0.25, 0.3) is 0 Å². The minimum atomic E-state index is -0.247. The summed E-state index contributed by atoms with van der Waals surface area (Å²) in [5, 5.41) is 4.63. The quantitative estimate of drug-likeness (QED) is 0.742. The molecular formula is C14H12FN3OS. The van der Waals surface area contributed by atoms with E-state index in [1.165, 1.54) is 23.9 Å². The first-order valence-electron chi connectivity index (χ1n) is 6.06. The van der Waals surface area contributed by atoms with Crippen molar-refractivity contribution in [2.45, 2.75) is 17.8 Å². The number of aromatic amines is 1. The summed E-state index contributed by atoms with van der Waals surface area (Å²) < 4.78 is 18.0. The van der Waals surface area contributed by atoms with Gasteiger partial charge in [0.2, 0.25) is 0 Å². The van der Waals surface area contributed by atoms with Crippen molar-refractivity contribution in [1.82, 2.24) is 15.1 Å². The van der Waals surface area contributed by atoms with Gasteiger partial charge in [-0.15, -0.1) is 0 Å². The third kappa shape index (κ3) is 2.91. The Morgan fingerprint density at radius 3 is 2.80 bits per heavy atom. The van der Waals surface area contributed by atoms with Gasteiger partial charge in [-0.2, -0.15) is 0 Å². The van der Waals surface area contributed by atoms with Crippen LogP contribution in [-0.4, -0.2) is 15.1 Å². The number of aryl methyl sites for hydroxylation is 1. The molecule has 0 saturated heterocycles. The van der Waals surface area contributed by atoms with Gasteiger partial charge in [0.1, 0.15) is 11.6 Å². The molecule has 0 fully saturated rings. The maximum absolute atomic E-state index is 12.9. The Hall–Kier alpha value is -2.08. The van der Waals surface area contributed by atoms with Crippen LogP contribution in [0.2, 0.25) is 0 Å². The molecule has 1 N–H and O–H groups in total. The monoisotopic (exact) mass is 289 g/mol. The lowest BCUT2D eigenvalue weighted by atomic mass is 10.2. The minimum absolute atomic E-state index is 0.247. The van der Waals surface area contributed by atoms with E-state index >= 15 is 0 Å². The van der Waals surface area contributed by atoms with Crippen LogP contribution in [0.1, 0.15) is 11.5 Å². The predicted octanol–water partition coefficient (Wildman–Crippen LogP) is 3.80. The Kier molecular flexibility index (Phi) is 3.56. The number of nitrogens with zero attached hydrogens (tertiary/aromatic N) is 2. The maximum Gasteiger partial charge on any atom is 0.166 e. The normalized spacial score (nSPS) is 10.9. The third-order valence-corrected chi connectivity index (χ3v) is 3.65. The van der Waals surface area contributed by atoms with Crippen molar-refractivity contribution in [3.8, 4) is 11.3 Å². The Balaban J connectivity index is 1.69. The molecule has 0 spiro atoms. The zero-order valence-electron chi connectivity index (χ0n) is 10.8. The Bertz CT molecular complexity index is 705. The molecule has 3 rings (SSSR count). The molecule has 0 bridgehead atoms.